The van der Waals surface area contributed by atoms with Gasteiger partial charge in [-0.2, -0.15) is 0 Å². The third-order valence-electron chi connectivity index (χ3n) is 2.36. The van der Waals surface area contributed by atoms with Gasteiger partial charge < -0.3 is 15.0 Å². The summed E-state index contributed by atoms with van der Waals surface area (Å²) in [7, 11) is 3.49. The number of hydrogen-bond acceptors (Lipinski definition) is 4. The van der Waals surface area contributed by atoms with E-state index in [-0.39, 0.29) is 6.10 Å². The zero-order valence-corrected chi connectivity index (χ0v) is 9.03. The van der Waals surface area contributed by atoms with Crippen LogP contribution in [0.25, 0.3) is 11.2 Å². The number of pyridine rings is 1. The van der Waals surface area contributed by atoms with Crippen LogP contribution in [0.15, 0.2) is 12.1 Å². The number of H-pyrrole nitrogens is 1. The average molecular weight is 206 g/mol. The van der Waals surface area contributed by atoms with E-state index < -0.39 is 0 Å². The fourth-order valence-corrected chi connectivity index (χ4v) is 1.35. The molecule has 2 rings (SSSR count). The van der Waals surface area contributed by atoms with Gasteiger partial charge in [0.1, 0.15) is 17.7 Å². The highest BCUT2D eigenvalue weighted by atomic mass is 16.5. The van der Waals surface area contributed by atoms with Crippen molar-refractivity contribution in [2.24, 2.45) is 0 Å². The standard InChI is InChI=1S/C10H14N4O/c1-6(15-3)9-12-7-4-5-8(11-2)13-10(7)14-9/h4-6H,1-3H3,(H2,11,12,13,14). The van der Waals surface area contributed by atoms with Crippen LogP contribution >= 0.6 is 0 Å². The lowest BCUT2D eigenvalue weighted by atomic mass is 10.4. The molecule has 0 saturated carbocycles. The second-order valence-electron chi connectivity index (χ2n) is 3.32. The molecule has 0 aliphatic heterocycles. The van der Waals surface area contributed by atoms with Crippen LogP contribution in [0.1, 0.15) is 18.9 Å². The Morgan fingerprint density at radius 3 is 2.87 bits per heavy atom. The molecule has 0 aromatic carbocycles. The maximum Gasteiger partial charge on any atom is 0.179 e. The third-order valence-corrected chi connectivity index (χ3v) is 2.36. The monoisotopic (exact) mass is 206 g/mol. The predicted molar refractivity (Wildman–Crippen MR) is 58.9 cm³/mol. The zero-order valence-electron chi connectivity index (χ0n) is 9.03. The van der Waals surface area contributed by atoms with Crippen molar-refractivity contribution in [1.29, 1.82) is 0 Å². The van der Waals surface area contributed by atoms with Crippen molar-refractivity contribution >= 4 is 17.0 Å². The first-order valence-electron chi connectivity index (χ1n) is 4.82. The molecule has 2 heterocycles. The number of nitrogens with one attached hydrogen (secondary N) is 2. The fraction of sp³-hybridized carbons (Fsp3) is 0.400. The topological polar surface area (TPSA) is 62.8 Å². The highest BCUT2D eigenvalue weighted by molar-refractivity contribution is 5.72. The third kappa shape index (κ3) is 1.78. The van der Waals surface area contributed by atoms with E-state index in [2.05, 4.69) is 20.3 Å². The summed E-state index contributed by atoms with van der Waals surface area (Å²) in [6.07, 6.45) is -0.0442. The minimum atomic E-state index is -0.0442. The number of anilines is 1. The van der Waals surface area contributed by atoms with Gasteiger partial charge in [0.25, 0.3) is 0 Å². The molecular formula is C10H14N4O. The van der Waals surface area contributed by atoms with Crippen molar-refractivity contribution in [2.75, 3.05) is 19.5 Å². The first-order valence-corrected chi connectivity index (χ1v) is 4.82. The first kappa shape index (κ1) is 9.92. The number of aromatic amines is 1. The smallest absolute Gasteiger partial charge is 0.179 e. The maximum absolute atomic E-state index is 5.19. The Hall–Kier alpha value is -1.62. The lowest BCUT2D eigenvalue weighted by Crippen LogP contribution is -1.97. The van der Waals surface area contributed by atoms with Crippen LogP contribution in [-0.2, 0) is 4.74 Å². The second-order valence-corrected chi connectivity index (χ2v) is 3.32. The summed E-state index contributed by atoms with van der Waals surface area (Å²) >= 11 is 0. The summed E-state index contributed by atoms with van der Waals surface area (Å²) in [6, 6.07) is 3.86. The van der Waals surface area contributed by atoms with Crippen LogP contribution in [0, 0.1) is 0 Å². The molecule has 2 aromatic rings. The number of nitrogens with zero attached hydrogens (tertiary/aromatic N) is 2. The molecule has 1 unspecified atom stereocenters. The summed E-state index contributed by atoms with van der Waals surface area (Å²) in [5.41, 5.74) is 1.63. The van der Waals surface area contributed by atoms with E-state index in [9.17, 15) is 0 Å². The molecule has 2 aromatic heterocycles. The molecule has 0 spiro atoms. The molecule has 15 heavy (non-hydrogen) atoms. The highest BCUT2D eigenvalue weighted by Gasteiger charge is 2.10. The van der Waals surface area contributed by atoms with Crippen LogP contribution in [-0.4, -0.2) is 29.1 Å². The molecule has 0 fully saturated rings. The van der Waals surface area contributed by atoms with Gasteiger partial charge in [0.2, 0.25) is 0 Å². The Labute approximate surface area is 87.9 Å². The van der Waals surface area contributed by atoms with Gasteiger partial charge in [0.15, 0.2) is 5.65 Å². The van der Waals surface area contributed by atoms with E-state index >= 15 is 0 Å². The van der Waals surface area contributed by atoms with Crippen molar-refractivity contribution in [3.63, 3.8) is 0 Å². The molecule has 1 atom stereocenters. The Morgan fingerprint density at radius 2 is 2.20 bits per heavy atom. The Bertz CT molecular complexity index is 465. The van der Waals surface area contributed by atoms with Gasteiger partial charge in [0, 0.05) is 14.2 Å². The summed E-state index contributed by atoms with van der Waals surface area (Å²) in [5, 5.41) is 2.98. The summed E-state index contributed by atoms with van der Waals surface area (Å²) in [4.78, 5) is 11.9. The molecule has 0 bridgehead atoms. The summed E-state index contributed by atoms with van der Waals surface area (Å²) in [6.45, 7) is 1.94. The van der Waals surface area contributed by atoms with Gasteiger partial charge in [-0.15, -0.1) is 0 Å². The van der Waals surface area contributed by atoms with Gasteiger partial charge in [0.05, 0.1) is 5.52 Å². The second kappa shape index (κ2) is 3.86. The van der Waals surface area contributed by atoms with Crippen LogP contribution in [0.2, 0.25) is 0 Å². The molecule has 80 valence electrons. The Morgan fingerprint density at radius 1 is 1.40 bits per heavy atom. The van der Waals surface area contributed by atoms with Crippen LogP contribution < -0.4 is 5.32 Å². The minimum Gasteiger partial charge on any atom is -0.374 e. The normalized spacial score (nSPS) is 13.0. The van der Waals surface area contributed by atoms with Crippen molar-refractivity contribution in [1.82, 2.24) is 15.0 Å². The fourth-order valence-electron chi connectivity index (χ4n) is 1.35. The predicted octanol–water partition coefficient (Wildman–Crippen LogP) is 1.71. The van der Waals surface area contributed by atoms with Gasteiger partial charge in [-0.05, 0) is 19.1 Å². The number of aromatic nitrogens is 3. The van der Waals surface area contributed by atoms with Crippen molar-refractivity contribution < 1.29 is 4.74 Å². The van der Waals surface area contributed by atoms with E-state index in [1.54, 1.807) is 7.11 Å². The number of imidazole rings is 1. The van der Waals surface area contributed by atoms with Crippen LogP contribution in [0.4, 0.5) is 5.82 Å². The van der Waals surface area contributed by atoms with Gasteiger partial charge >= 0.3 is 0 Å². The molecule has 0 saturated heterocycles. The number of ether oxygens (including phenoxy) is 1. The van der Waals surface area contributed by atoms with Crippen molar-refractivity contribution in [3.8, 4) is 0 Å². The van der Waals surface area contributed by atoms with Gasteiger partial charge in [-0.25, -0.2) is 9.97 Å². The van der Waals surface area contributed by atoms with E-state index in [4.69, 9.17) is 4.74 Å². The molecule has 0 radical (unpaired) electrons. The van der Waals surface area contributed by atoms with Crippen LogP contribution in [0.5, 0.6) is 0 Å². The first-order chi connectivity index (χ1) is 7.24. The largest absolute Gasteiger partial charge is 0.374 e. The maximum atomic E-state index is 5.19. The van der Waals surface area contributed by atoms with Crippen molar-refractivity contribution in [3.05, 3.63) is 18.0 Å². The van der Waals surface area contributed by atoms with E-state index in [1.807, 2.05) is 26.1 Å². The highest BCUT2D eigenvalue weighted by Crippen LogP contribution is 2.17. The molecular weight excluding hydrogens is 192 g/mol. The molecule has 2 N–H and O–H groups in total. The number of rotatable bonds is 3. The lowest BCUT2D eigenvalue weighted by molar-refractivity contribution is 0.113. The molecule has 5 heteroatoms. The Balaban J connectivity index is 2.46. The SMILES string of the molecule is CNc1ccc2[nH]c(C(C)OC)nc2n1. The summed E-state index contributed by atoms with van der Waals surface area (Å²) < 4.78 is 5.19. The number of methoxy groups -OCH3 is 1. The number of fused-ring (bicyclic) bond motifs is 1. The zero-order chi connectivity index (χ0) is 10.8. The minimum absolute atomic E-state index is 0.0442. The van der Waals surface area contributed by atoms with Gasteiger partial charge in [-0.3, -0.25) is 0 Å². The molecule has 5 nitrogen and oxygen atoms in total. The van der Waals surface area contributed by atoms with Crippen molar-refractivity contribution in [2.45, 2.75) is 13.0 Å². The molecule has 0 aliphatic carbocycles. The molecule has 0 amide bonds. The number of hydrogen-bond donors (Lipinski definition) is 2. The van der Waals surface area contributed by atoms with E-state index in [0.717, 1.165) is 17.2 Å². The van der Waals surface area contributed by atoms with E-state index in [0.29, 0.717) is 5.65 Å². The van der Waals surface area contributed by atoms with Crippen LogP contribution in [0.3, 0.4) is 0 Å². The molecule has 0 aliphatic rings. The van der Waals surface area contributed by atoms with E-state index in [1.165, 1.54) is 0 Å². The quantitative estimate of drug-likeness (QED) is 0.802. The van der Waals surface area contributed by atoms with Gasteiger partial charge in [-0.1, -0.05) is 0 Å². The average Bonchev–Trinajstić information content (AvgIpc) is 2.70. The Kier molecular flexibility index (Phi) is 2.55. The summed E-state index contributed by atoms with van der Waals surface area (Å²) in [5.74, 6) is 1.61. The lowest BCUT2D eigenvalue weighted by Gasteiger charge is -2.03.